The summed E-state index contributed by atoms with van der Waals surface area (Å²) in [5.74, 6) is -0.859. The lowest BCUT2D eigenvalue weighted by Gasteiger charge is -2.16. The highest BCUT2D eigenvalue weighted by Crippen LogP contribution is 2.31. The second kappa shape index (κ2) is 8.66. The van der Waals surface area contributed by atoms with E-state index < -0.39 is 12.7 Å². The number of hydrogen-bond donors (Lipinski definition) is 2. The fourth-order valence-corrected chi connectivity index (χ4v) is 2.95. The Morgan fingerprint density at radius 1 is 1.30 bits per heavy atom. The maximum Gasteiger partial charge on any atom is 0.310 e. The average molecular weight is 458 g/mol. The Balaban J connectivity index is 1.93. The number of nitrogens with one attached hydrogen (secondary N) is 1. The van der Waals surface area contributed by atoms with Crippen molar-refractivity contribution in [2.24, 2.45) is 0 Å². The van der Waals surface area contributed by atoms with Crippen molar-refractivity contribution in [2.75, 3.05) is 17.6 Å². The molecule has 0 aliphatic heterocycles. The van der Waals surface area contributed by atoms with E-state index in [0.29, 0.717) is 16.7 Å². The van der Waals surface area contributed by atoms with E-state index in [9.17, 15) is 9.18 Å². The molecule has 7 nitrogen and oxygen atoms in total. The van der Waals surface area contributed by atoms with Crippen LogP contribution in [0.3, 0.4) is 0 Å². The molecule has 0 aliphatic carbocycles. The number of benzene rings is 2. The van der Waals surface area contributed by atoms with Crippen LogP contribution in [0.4, 0.5) is 15.8 Å². The molecule has 0 saturated heterocycles. The molecule has 0 fully saturated rings. The topological polar surface area (TPSA) is 79.6 Å². The van der Waals surface area contributed by atoms with E-state index in [1.165, 1.54) is 4.42 Å². The Morgan fingerprint density at radius 3 is 2.67 bits per heavy atom. The molecular weight excluding hydrogens is 443 g/mol. The highest BCUT2D eigenvalue weighted by molar-refractivity contribution is 9.10. The molecule has 0 saturated carbocycles. The van der Waals surface area contributed by atoms with Gasteiger partial charge in [-0.3, -0.25) is 18.6 Å². The molecule has 1 amide bonds. The maximum atomic E-state index is 13.5. The quantitative estimate of drug-likeness (QED) is 0.321. The van der Waals surface area contributed by atoms with Crippen LogP contribution >= 0.6 is 27.7 Å². The van der Waals surface area contributed by atoms with Crippen molar-refractivity contribution in [3.05, 3.63) is 52.8 Å². The summed E-state index contributed by atoms with van der Waals surface area (Å²) in [7, 11) is 0. The summed E-state index contributed by atoms with van der Waals surface area (Å²) in [5, 5.41) is 8.68. The number of imidazole rings is 1. The third kappa shape index (κ3) is 4.22. The fourth-order valence-electron chi connectivity index (χ4n) is 2.46. The summed E-state index contributed by atoms with van der Waals surface area (Å²) in [6.45, 7) is -1.28. The highest BCUT2D eigenvalue weighted by Gasteiger charge is 2.19. The average Bonchev–Trinajstić information content (AvgIpc) is 3.06. The minimum Gasteiger partial charge on any atom is -0.394 e. The predicted molar refractivity (Wildman–Crippen MR) is 103 cm³/mol. The number of rotatable bonds is 7. The third-order valence-electron chi connectivity index (χ3n) is 3.69. The summed E-state index contributed by atoms with van der Waals surface area (Å²) in [6.07, 6.45) is 0. The number of hydroxylamine groups is 1. The van der Waals surface area contributed by atoms with Gasteiger partial charge in [-0.05, 0) is 42.5 Å². The molecule has 3 rings (SSSR count). The maximum absolute atomic E-state index is 13.5. The Hall–Kier alpha value is -2.20. The molecular formula is C17H15BrClFN4O3. The number of carbonyl (C=O) groups excluding carboxylic acids is 1. The van der Waals surface area contributed by atoms with Gasteiger partial charge in [0.05, 0.1) is 35.6 Å². The fraction of sp³-hybridized carbons (Fsp3) is 0.176. The number of aliphatic hydroxyl groups excluding tert-OH is 1. The zero-order valence-corrected chi connectivity index (χ0v) is 16.2. The van der Waals surface area contributed by atoms with Crippen molar-refractivity contribution in [3.63, 3.8) is 0 Å². The smallest absolute Gasteiger partial charge is 0.310 e. The van der Waals surface area contributed by atoms with Gasteiger partial charge >= 0.3 is 5.91 Å². The lowest BCUT2D eigenvalue weighted by molar-refractivity contribution is 0.0156. The molecule has 10 heteroatoms. The van der Waals surface area contributed by atoms with E-state index in [2.05, 4.69) is 26.4 Å². The molecule has 0 aliphatic rings. The normalized spacial score (nSPS) is 11.0. The molecule has 2 N–H and O–H groups in total. The van der Waals surface area contributed by atoms with Crippen LogP contribution in [-0.2, 0) is 11.6 Å². The summed E-state index contributed by atoms with van der Waals surface area (Å²) >= 11 is 9.76. The lowest BCUT2D eigenvalue weighted by atomic mass is 10.2. The Morgan fingerprint density at radius 2 is 2.00 bits per heavy atom. The van der Waals surface area contributed by atoms with Crippen molar-refractivity contribution in [2.45, 2.75) is 6.80 Å². The number of aliphatic hydroxyl groups is 1. The molecule has 1 aromatic heterocycles. The van der Waals surface area contributed by atoms with Crippen molar-refractivity contribution >= 4 is 56.0 Å². The number of halogens is 3. The third-order valence-corrected chi connectivity index (χ3v) is 4.61. The molecule has 0 spiro atoms. The van der Waals surface area contributed by atoms with Crippen LogP contribution < -0.4 is 9.90 Å². The zero-order valence-electron chi connectivity index (χ0n) is 13.9. The monoisotopic (exact) mass is 456 g/mol. The number of nitrogens with zero attached hydrogens (tertiary/aromatic N) is 3. The Labute approximate surface area is 167 Å². The summed E-state index contributed by atoms with van der Waals surface area (Å²) in [5.41, 5.74) is 4.30. The van der Waals surface area contributed by atoms with Crippen molar-refractivity contribution in [3.8, 4) is 0 Å². The standard InChI is InChI=1S/C17H15BrClFN4O3/c18-11-1-3-12(4-2-11)24(19)13-5-6-15-14(9-13)21-16(23(15)10-20)17(26)22-27-8-7-25/h1-6,9,25H,7-8,10H2,(H,22,26). The van der Waals surface area contributed by atoms with E-state index in [4.69, 9.17) is 21.7 Å². The van der Waals surface area contributed by atoms with Gasteiger partial charge in [0.2, 0.25) is 5.82 Å². The number of fused-ring (bicyclic) bond motifs is 1. The minimum absolute atomic E-state index is 0.0832. The Bertz CT molecular complexity index is 951. The molecule has 142 valence electrons. The zero-order chi connectivity index (χ0) is 19.4. The SMILES string of the molecule is O=C(NOCCO)c1nc2cc(N(Cl)c3ccc(Br)cc3)ccc2n1CF. The van der Waals surface area contributed by atoms with Gasteiger partial charge in [-0.25, -0.2) is 14.9 Å². The first-order chi connectivity index (χ1) is 13.0. The second-order valence-corrected chi connectivity index (χ2v) is 6.67. The molecule has 0 radical (unpaired) electrons. The van der Waals surface area contributed by atoms with Crippen LogP contribution in [0.1, 0.15) is 10.6 Å². The van der Waals surface area contributed by atoms with Crippen LogP contribution in [0.25, 0.3) is 11.0 Å². The number of amides is 1. The van der Waals surface area contributed by atoms with E-state index in [1.54, 1.807) is 18.2 Å². The van der Waals surface area contributed by atoms with E-state index in [1.807, 2.05) is 24.3 Å². The van der Waals surface area contributed by atoms with Crippen molar-refractivity contribution in [1.29, 1.82) is 0 Å². The van der Waals surface area contributed by atoms with Crippen LogP contribution in [-0.4, -0.2) is 33.8 Å². The van der Waals surface area contributed by atoms with Gasteiger partial charge in [-0.2, -0.15) is 0 Å². The van der Waals surface area contributed by atoms with Crippen LogP contribution in [0.5, 0.6) is 0 Å². The molecule has 1 heterocycles. The second-order valence-electron chi connectivity index (χ2n) is 5.42. The van der Waals surface area contributed by atoms with E-state index in [0.717, 1.165) is 14.7 Å². The number of aromatic nitrogens is 2. The van der Waals surface area contributed by atoms with Crippen LogP contribution in [0.15, 0.2) is 46.9 Å². The lowest BCUT2D eigenvalue weighted by Crippen LogP contribution is -2.27. The van der Waals surface area contributed by atoms with Crippen molar-refractivity contribution < 1.29 is 19.1 Å². The number of hydrogen-bond acceptors (Lipinski definition) is 5. The highest BCUT2D eigenvalue weighted by atomic mass is 79.9. The molecule has 0 atom stereocenters. The minimum atomic E-state index is -0.935. The first-order valence-electron chi connectivity index (χ1n) is 7.86. The molecule has 0 bridgehead atoms. The van der Waals surface area contributed by atoms with Gasteiger partial charge in [0.15, 0.2) is 6.80 Å². The van der Waals surface area contributed by atoms with Gasteiger partial charge in [0.1, 0.15) is 0 Å². The van der Waals surface area contributed by atoms with Crippen molar-refractivity contribution in [1.82, 2.24) is 15.0 Å². The van der Waals surface area contributed by atoms with Gasteiger partial charge in [-0.1, -0.05) is 15.9 Å². The molecule has 3 aromatic rings. The summed E-state index contributed by atoms with van der Waals surface area (Å²) in [4.78, 5) is 21.1. The molecule has 0 unspecified atom stereocenters. The predicted octanol–water partition coefficient (Wildman–Crippen LogP) is 3.67. The Kier molecular flexibility index (Phi) is 6.27. The summed E-state index contributed by atoms with van der Waals surface area (Å²) < 4.78 is 17.0. The van der Waals surface area contributed by atoms with Crippen LogP contribution in [0.2, 0.25) is 0 Å². The summed E-state index contributed by atoms with van der Waals surface area (Å²) in [6, 6.07) is 12.4. The van der Waals surface area contributed by atoms with Crippen LogP contribution in [0, 0.1) is 0 Å². The first-order valence-corrected chi connectivity index (χ1v) is 8.99. The first kappa shape index (κ1) is 19.6. The number of carbonyl (C=O) groups is 1. The van der Waals surface area contributed by atoms with Gasteiger partial charge in [-0.15, -0.1) is 0 Å². The molecule has 27 heavy (non-hydrogen) atoms. The largest absolute Gasteiger partial charge is 0.394 e. The van der Waals surface area contributed by atoms with Gasteiger partial charge < -0.3 is 5.11 Å². The molecule has 2 aromatic carbocycles. The number of alkyl halides is 1. The van der Waals surface area contributed by atoms with E-state index >= 15 is 0 Å². The van der Waals surface area contributed by atoms with E-state index in [-0.39, 0.29) is 19.0 Å². The number of anilines is 2. The van der Waals surface area contributed by atoms with Gasteiger partial charge in [0.25, 0.3) is 0 Å². The van der Waals surface area contributed by atoms with Gasteiger partial charge in [0, 0.05) is 16.2 Å².